The maximum atomic E-state index is 6.06. The monoisotopic (exact) mass is 375 g/mol. The highest BCUT2D eigenvalue weighted by atomic mass is 32.2. The van der Waals surface area contributed by atoms with Gasteiger partial charge in [-0.15, -0.1) is 0 Å². The second-order valence-corrected chi connectivity index (χ2v) is 7.50. The second-order valence-electron chi connectivity index (χ2n) is 6.56. The number of nitrogens with zero attached hydrogens (tertiary/aromatic N) is 1. The maximum absolute atomic E-state index is 6.06. The van der Waals surface area contributed by atoms with Crippen LogP contribution in [0.2, 0.25) is 0 Å². The van der Waals surface area contributed by atoms with E-state index in [1.54, 1.807) is 11.9 Å². The highest BCUT2D eigenvalue weighted by Crippen LogP contribution is 2.31. The van der Waals surface area contributed by atoms with Crippen molar-refractivity contribution in [2.24, 2.45) is 5.73 Å². The van der Waals surface area contributed by atoms with Crippen LogP contribution in [0.3, 0.4) is 0 Å². The van der Waals surface area contributed by atoms with E-state index in [0.29, 0.717) is 6.04 Å². The first-order valence-corrected chi connectivity index (χ1v) is 10.8. The molecule has 3 nitrogen and oxygen atoms in total. The van der Waals surface area contributed by atoms with Gasteiger partial charge in [0, 0.05) is 42.7 Å². The van der Waals surface area contributed by atoms with Gasteiger partial charge in [0.15, 0.2) is 0 Å². The van der Waals surface area contributed by atoms with Crippen molar-refractivity contribution >= 4 is 28.4 Å². The highest BCUT2D eigenvalue weighted by Gasteiger charge is 2.06. The van der Waals surface area contributed by atoms with Gasteiger partial charge >= 0.3 is 0 Å². The minimum absolute atomic E-state index is 0.380. The van der Waals surface area contributed by atoms with Crippen molar-refractivity contribution < 1.29 is 0 Å². The molecule has 3 N–H and O–H groups in total. The van der Waals surface area contributed by atoms with Gasteiger partial charge in [0.25, 0.3) is 0 Å². The molecule has 26 heavy (non-hydrogen) atoms. The van der Waals surface area contributed by atoms with E-state index in [1.807, 2.05) is 13.8 Å². The summed E-state index contributed by atoms with van der Waals surface area (Å²) in [6.45, 7) is 7.22. The highest BCUT2D eigenvalue weighted by molar-refractivity contribution is 7.97. The maximum Gasteiger partial charge on any atom is 0.0441 e. The Labute approximate surface area is 164 Å². The average Bonchev–Trinajstić information content (AvgIpc) is 2.66. The van der Waals surface area contributed by atoms with Crippen LogP contribution in [0.1, 0.15) is 52.9 Å². The van der Waals surface area contributed by atoms with E-state index in [9.17, 15) is 0 Å². The van der Waals surface area contributed by atoms with E-state index in [-0.39, 0.29) is 0 Å². The third-order valence-electron chi connectivity index (χ3n) is 4.29. The summed E-state index contributed by atoms with van der Waals surface area (Å²) < 4.78 is 3.51. The molecular formula is C22H37N3S. The van der Waals surface area contributed by atoms with Crippen molar-refractivity contribution in [2.75, 3.05) is 25.5 Å². The van der Waals surface area contributed by atoms with Crippen LogP contribution in [-0.2, 0) is 0 Å². The fourth-order valence-corrected chi connectivity index (χ4v) is 3.83. The molecule has 1 atom stereocenters. The molecule has 0 fully saturated rings. The largest absolute Gasteiger partial charge is 0.377 e. The van der Waals surface area contributed by atoms with Crippen LogP contribution in [0.5, 0.6) is 0 Å². The molecule has 0 heterocycles. The molecule has 0 aliphatic heterocycles. The van der Waals surface area contributed by atoms with E-state index < -0.39 is 0 Å². The average molecular weight is 376 g/mol. The molecule has 0 amide bonds. The van der Waals surface area contributed by atoms with E-state index >= 15 is 0 Å². The molecule has 0 spiro atoms. The molecule has 0 saturated heterocycles. The van der Waals surface area contributed by atoms with E-state index in [4.69, 9.17) is 5.73 Å². The van der Waals surface area contributed by atoms with Crippen LogP contribution in [-0.4, -0.2) is 26.7 Å². The van der Waals surface area contributed by atoms with Crippen LogP contribution in [0.25, 0.3) is 10.8 Å². The molecule has 0 bridgehead atoms. The molecule has 0 aliphatic rings. The van der Waals surface area contributed by atoms with Crippen LogP contribution in [0, 0.1) is 0 Å². The third-order valence-corrected chi connectivity index (χ3v) is 5.21. The molecule has 2 rings (SSSR count). The molecule has 0 radical (unpaired) electrons. The summed E-state index contributed by atoms with van der Waals surface area (Å²) in [5.41, 5.74) is 7.32. The number of anilines is 1. The van der Waals surface area contributed by atoms with Crippen LogP contribution in [0.15, 0.2) is 41.3 Å². The van der Waals surface area contributed by atoms with Crippen molar-refractivity contribution in [2.45, 2.75) is 63.8 Å². The molecule has 0 saturated carbocycles. The van der Waals surface area contributed by atoms with Crippen molar-refractivity contribution in [3.05, 3.63) is 36.4 Å². The zero-order chi connectivity index (χ0) is 19.4. The fourth-order valence-electron chi connectivity index (χ4n) is 2.99. The minimum atomic E-state index is 0.380. The molecule has 0 aliphatic carbocycles. The second kappa shape index (κ2) is 13.0. The zero-order valence-corrected chi connectivity index (χ0v) is 18.0. The predicted molar refractivity (Wildman–Crippen MR) is 120 cm³/mol. The smallest absolute Gasteiger partial charge is 0.0441 e. The Balaban J connectivity index is 0.00000163. The molecule has 146 valence electrons. The summed E-state index contributed by atoms with van der Waals surface area (Å²) >= 11 is 1.74. The fraction of sp³-hybridized carbons (Fsp3) is 0.545. The molecule has 1 unspecified atom stereocenters. The summed E-state index contributed by atoms with van der Waals surface area (Å²) in [7, 11) is 4.19. The first kappa shape index (κ1) is 22.8. The van der Waals surface area contributed by atoms with E-state index in [2.05, 4.69) is 67.0 Å². The minimum Gasteiger partial charge on any atom is -0.377 e. The van der Waals surface area contributed by atoms with Gasteiger partial charge in [0.2, 0.25) is 0 Å². The van der Waals surface area contributed by atoms with E-state index in [1.165, 1.54) is 40.6 Å². The van der Waals surface area contributed by atoms with Gasteiger partial charge in [-0.1, -0.05) is 57.9 Å². The zero-order valence-electron chi connectivity index (χ0n) is 17.2. The molecule has 4 heteroatoms. The number of fused-ring (bicyclic) bond motifs is 1. The Morgan fingerprint density at radius 1 is 1.00 bits per heavy atom. The first-order valence-electron chi connectivity index (χ1n) is 9.97. The number of hydrogen-bond acceptors (Lipinski definition) is 4. The molecule has 0 aromatic heterocycles. The van der Waals surface area contributed by atoms with E-state index in [0.717, 1.165) is 19.4 Å². The van der Waals surface area contributed by atoms with Crippen molar-refractivity contribution in [3.8, 4) is 0 Å². The topological polar surface area (TPSA) is 41.3 Å². The van der Waals surface area contributed by atoms with Crippen molar-refractivity contribution in [1.29, 1.82) is 0 Å². The van der Waals surface area contributed by atoms with Gasteiger partial charge in [0.1, 0.15) is 0 Å². The molecule has 2 aromatic carbocycles. The predicted octanol–water partition coefficient (Wildman–Crippen LogP) is 5.83. The summed E-state index contributed by atoms with van der Waals surface area (Å²) in [5, 5.41) is 2.62. The number of rotatable bonds is 10. The normalized spacial score (nSPS) is 11.8. The lowest BCUT2D eigenvalue weighted by atomic mass is 10.1. The SMILES string of the molecule is CC.CCCC(N)CCCCNSc1cccc2c(N(C)C)cccc12. The van der Waals surface area contributed by atoms with Gasteiger partial charge in [0.05, 0.1) is 0 Å². The van der Waals surface area contributed by atoms with Gasteiger partial charge in [-0.25, -0.2) is 0 Å². The van der Waals surface area contributed by atoms with Gasteiger partial charge in [-0.3, -0.25) is 4.72 Å². The quantitative estimate of drug-likeness (QED) is 0.405. The molecule has 2 aromatic rings. The summed E-state index contributed by atoms with van der Waals surface area (Å²) in [6, 6.07) is 13.4. The number of benzene rings is 2. The molecular weight excluding hydrogens is 338 g/mol. The Bertz CT molecular complexity index is 628. The van der Waals surface area contributed by atoms with Gasteiger partial charge < -0.3 is 10.6 Å². The third kappa shape index (κ3) is 7.18. The number of nitrogens with two attached hydrogens (primary N) is 1. The standard InChI is InChI=1S/C20H31N3S.C2H6/c1-4-9-16(21)10-5-6-15-22-24-20-14-8-11-17-18(20)12-7-13-19(17)23(2)3;1-2/h7-8,11-14,16,22H,4-6,9-10,15,21H2,1-3H3;1-2H3. The number of unbranched alkanes of at least 4 members (excludes halogenated alkanes) is 1. The van der Waals surface area contributed by atoms with Crippen LogP contribution < -0.4 is 15.4 Å². The first-order chi connectivity index (χ1) is 12.6. The lowest BCUT2D eigenvalue weighted by Gasteiger charge is -2.16. The Hall–Kier alpha value is -1.23. The van der Waals surface area contributed by atoms with Crippen molar-refractivity contribution in [1.82, 2.24) is 4.72 Å². The summed E-state index contributed by atoms with van der Waals surface area (Å²) in [4.78, 5) is 3.46. The lowest BCUT2D eigenvalue weighted by Crippen LogP contribution is -2.19. The Morgan fingerprint density at radius 3 is 2.38 bits per heavy atom. The number of hydrogen-bond donors (Lipinski definition) is 2. The Kier molecular flexibility index (Phi) is 11.4. The number of nitrogens with one attached hydrogen (secondary N) is 1. The van der Waals surface area contributed by atoms with Gasteiger partial charge in [-0.2, -0.15) is 0 Å². The summed E-state index contributed by atoms with van der Waals surface area (Å²) in [6.07, 6.45) is 5.85. The van der Waals surface area contributed by atoms with Gasteiger partial charge in [-0.05, 0) is 48.7 Å². The van der Waals surface area contributed by atoms with Crippen LogP contribution >= 0.6 is 11.9 Å². The summed E-state index contributed by atoms with van der Waals surface area (Å²) in [5.74, 6) is 0. The lowest BCUT2D eigenvalue weighted by molar-refractivity contribution is 0.527. The Morgan fingerprint density at radius 2 is 1.69 bits per heavy atom. The van der Waals surface area contributed by atoms with Crippen molar-refractivity contribution in [3.63, 3.8) is 0 Å². The van der Waals surface area contributed by atoms with Crippen LogP contribution in [0.4, 0.5) is 5.69 Å².